The van der Waals surface area contributed by atoms with Gasteiger partial charge in [0.1, 0.15) is 17.2 Å². The number of furan rings is 1. The van der Waals surface area contributed by atoms with Crippen molar-refractivity contribution in [1.82, 2.24) is 20.0 Å². The van der Waals surface area contributed by atoms with Crippen molar-refractivity contribution >= 4 is 17.5 Å². The Kier molecular flexibility index (Phi) is 5.26. The molecule has 0 spiro atoms. The van der Waals surface area contributed by atoms with Gasteiger partial charge in [0.15, 0.2) is 0 Å². The topological polar surface area (TPSA) is 63.3 Å². The van der Waals surface area contributed by atoms with E-state index < -0.39 is 0 Å². The maximum atomic E-state index is 12.2. The smallest absolute Gasteiger partial charge is 0.271 e. The quantitative estimate of drug-likeness (QED) is 0.900. The van der Waals surface area contributed by atoms with Gasteiger partial charge in [-0.2, -0.15) is 5.10 Å². The van der Waals surface area contributed by atoms with Gasteiger partial charge in [-0.1, -0.05) is 11.6 Å². The molecular weight excluding hydrogens is 328 g/mol. The van der Waals surface area contributed by atoms with Gasteiger partial charge in [0.05, 0.1) is 17.8 Å². The molecule has 1 amide bonds. The molecule has 130 valence electrons. The summed E-state index contributed by atoms with van der Waals surface area (Å²) in [5.74, 6) is 2.31. The molecule has 0 aliphatic carbocycles. The number of likely N-dealkylation sites (tertiary alicyclic amines) is 1. The highest BCUT2D eigenvalue weighted by molar-refractivity contribution is 6.33. The summed E-state index contributed by atoms with van der Waals surface area (Å²) < 4.78 is 7.14. The summed E-state index contributed by atoms with van der Waals surface area (Å²) in [4.78, 5) is 14.6. The lowest BCUT2D eigenvalue weighted by Crippen LogP contribution is -2.38. The van der Waals surface area contributed by atoms with Crippen LogP contribution in [-0.2, 0) is 13.6 Å². The van der Waals surface area contributed by atoms with Crippen molar-refractivity contribution in [2.24, 2.45) is 13.0 Å². The molecule has 0 unspecified atom stereocenters. The van der Waals surface area contributed by atoms with Gasteiger partial charge in [-0.25, -0.2) is 0 Å². The van der Waals surface area contributed by atoms with Crippen LogP contribution in [0.5, 0.6) is 0 Å². The summed E-state index contributed by atoms with van der Waals surface area (Å²) >= 11 is 6.00. The Morgan fingerprint density at radius 3 is 2.75 bits per heavy atom. The maximum absolute atomic E-state index is 12.2. The van der Waals surface area contributed by atoms with Crippen molar-refractivity contribution in [2.75, 3.05) is 19.6 Å². The highest BCUT2D eigenvalue weighted by Gasteiger charge is 2.22. The molecule has 3 heterocycles. The minimum absolute atomic E-state index is 0.159. The highest BCUT2D eigenvalue weighted by atomic mass is 35.5. The van der Waals surface area contributed by atoms with Crippen LogP contribution in [0.15, 0.2) is 22.7 Å². The van der Waals surface area contributed by atoms with Crippen LogP contribution in [0.1, 0.15) is 34.9 Å². The van der Waals surface area contributed by atoms with E-state index in [4.69, 9.17) is 16.0 Å². The summed E-state index contributed by atoms with van der Waals surface area (Å²) in [6, 6.07) is 4.04. The Labute approximate surface area is 146 Å². The number of hydrogen-bond donors (Lipinski definition) is 1. The van der Waals surface area contributed by atoms with Crippen LogP contribution in [0.2, 0.25) is 5.02 Å². The summed E-state index contributed by atoms with van der Waals surface area (Å²) in [7, 11) is 1.72. The minimum Gasteiger partial charge on any atom is -0.465 e. The first-order chi connectivity index (χ1) is 11.5. The zero-order chi connectivity index (χ0) is 17.1. The van der Waals surface area contributed by atoms with Crippen molar-refractivity contribution in [3.05, 3.63) is 40.6 Å². The molecule has 6 nitrogen and oxygen atoms in total. The lowest BCUT2D eigenvalue weighted by molar-refractivity contribution is 0.0925. The average Bonchev–Trinajstić information content (AvgIpc) is 3.12. The first-order valence-electron chi connectivity index (χ1n) is 8.26. The first kappa shape index (κ1) is 17.0. The van der Waals surface area contributed by atoms with E-state index in [1.807, 2.05) is 19.1 Å². The second-order valence-corrected chi connectivity index (χ2v) is 6.81. The van der Waals surface area contributed by atoms with E-state index in [1.54, 1.807) is 7.05 Å². The van der Waals surface area contributed by atoms with Gasteiger partial charge < -0.3 is 9.73 Å². The Hall–Kier alpha value is -1.79. The lowest BCUT2D eigenvalue weighted by Gasteiger charge is -2.31. The second kappa shape index (κ2) is 7.40. The van der Waals surface area contributed by atoms with Crippen molar-refractivity contribution < 1.29 is 9.21 Å². The molecule has 0 aromatic carbocycles. The second-order valence-electron chi connectivity index (χ2n) is 6.41. The molecule has 1 fully saturated rings. The fourth-order valence-corrected chi connectivity index (χ4v) is 3.38. The minimum atomic E-state index is -0.159. The molecule has 7 heteroatoms. The number of piperidine rings is 1. The number of amides is 1. The number of nitrogens with one attached hydrogen (secondary N) is 1. The molecule has 2 aromatic heterocycles. The van der Waals surface area contributed by atoms with E-state index in [2.05, 4.69) is 15.3 Å². The van der Waals surface area contributed by atoms with Gasteiger partial charge in [0, 0.05) is 13.6 Å². The summed E-state index contributed by atoms with van der Waals surface area (Å²) in [6.45, 7) is 5.54. The van der Waals surface area contributed by atoms with Crippen molar-refractivity contribution in [3.63, 3.8) is 0 Å². The average molecular weight is 351 g/mol. The van der Waals surface area contributed by atoms with E-state index >= 15 is 0 Å². The molecule has 1 saturated heterocycles. The zero-order valence-electron chi connectivity index (χ0n) is 14.1. The number of carbonyl (C=O) groups is 1. The highest BCUT2D eigenvalue weighted by Crippen LogP contribution is 2.20. The van der Waals surface area contributed by atoms with Gasteiger partial charge in [0.25, 0.3) is 5.91 Å². The number of nitrogens with zero attached hydrogens (tertiary/aromatic N) is 3. The van der Waals surface area contributed by atoms with E-state index in [1.165, 1.54) is 10.9 Å². The Morgan fingerprint density at radius 1 is 1.42 bits per heavy atom. The summed E-state index contributed by atoms with van der Waals surface area (Å²) in [5, 5.41) is 7.36. The van der Waals surface area contributed by atoms with Crippen LogP contribution in [-0.4, -0.2) is 40.2 Å². The van der Waals surface area contributed by atoms with Crippen LogP contribution >= 0.6 is 11.6 Å². The normalized spacial score (nSPS) is 16.5. The Bertz CT molecular complexity index is 682. The third-order valence-corrected chi connectivity index (χ3v) is 4.82. The molecule has 24 heavy (non-hydrogen) atoms. The molecule has 0 saturated carbocycles. The van der Waals surface area contributed by atoms with Gasteiger partial charge in [-0.3, -0.25) is 14.4 Å². The molecule has 2 aromatic rings. The standard InChI is InChI=1S/C17H23ClN4O2/c1-12-3-4-14(24-12)11-22-7-5-13(6-8-22)9-19-17(23)16-15(18)10-20-21(16)2/h3-4,10,13H,5-9,11H2,1-2H3,(H,19,23). The predicted octanol–water partition coefficient (Wildman–Crippen LogP) is 2.62. The summed E-state index contributed by atoms with van der Waals surface area (Å²) in [6.07, 6.45) is 3.63. The van der Waals surface area contributed by atoms with E-state index in [-0.39, 0.29) is 5.91 Å². The molecule has 1 aliphatic heterocycles. The van der Waals surface area contributed by atoms with Crippen LogP contribution in [0.3, 0.4) is 0 Å². The van der Waals surface area contributed by atoms with Crippen LogP contribution in [0, 0.1) is 12.8 Å². The number of hydrogen-bond acceptors (Lipinski definition) is 4. The molecule has 0 bridgehead atoms. The van der Waals surface area contributed by atoms with Crippen LogP contribution in [0.25, 0.3) is 0 Å². The summed E-state index contributed by atoms with van der Waals surface area (Å²) in [5.41, 5.74) is 0.419. The Balaban J connectivity index is 1.43. The predicted molar refractivity (Wildman–Crippen MR) is 92.0 cm³/mol. The lowest BCUT2D eigenvalue weighted by atomic mass is 9.96. The van der Waals surface area contributed by atoms with Gasteiger partial charge in [-0.05, 0) is 50.9 Å². The molecular formula is C17H23ClN4O2. The number of halogens is 1. The van der Waals surface area contributed by atoms with Gasteiger partial charge >= 0.3 is 0 Å². The Morgan fingerprint density at radius 2 is 2.17 bits per heavy atom. The fourth-order valence-electron chi connectivity index (χ4n) is 3.13. The fraction of sp³-hybridized carbons (Fsp3) is 0.529. The molecule has 1 N–H and O–H groups in total. The molecule has 1 aliphatic rings. The SMILES string of the molecule is Cc1ccc(CN2CCC(CNC(=O)c3c(Cl)cnn3C)CC2)o1. The van der Waals surface area contributed by atoms with Crippen LogP contribution in [0.4, 0.5) is 0 Å². The number of carbonyl (C=O) groups excluding carboxylic acids is 1. The number of rotatable bonds is 5. The first-order valence-corrected chi connectivity index (χ1v) is 8.64. The maximum Gasteiger partial charge on any atom is 0.271 e. The third-order valence-electron chi connectivity index (χ3n) is 4.54. The zero-order valence-corrected chi connectivity index (χ0v) is 14.8. The van der Waals surface area contributed by atoms with Crippen molar-refractivity contribution in [3.8, 4) is 0 Å². The van der Waals surface area contributed by atoms with E-state index in [9.17, 15) is 4.79 Å². The van der Waals surface area contributed by atoms with Gasteiger partial charge in [-0.15, -0.1) is 0 Å². The monoisotopic (exact) mass is 350 g/mol. The molecule has 0 radical (unpaired) electrons. The van der Waals surface area contributed by atoms with E-state index in [0.29, 0.717) is 23.2 Å². The van der Waals surface area contributed by atoms with Crippen LogP contribution < -0.4 is 5.32 Å². The largest absolute Gasteiger partial charge is 0.465 e. The van der Waals surface area contributed by atoms with Gasteiger partial charge in [0.2, 0.25) is 0 Å². The van der Waals surface area contributed by atoms with Crippen molar-refractivity contribution in [2.45, 2.75) is 26.3 Å². The third kappa shape index (κ3) is 3.99. The molecule has 0 atom stereocenters. The number of aryl methyl sites for hydroxylation is 2. The number of aromatic nitrogens is 2. The van der Waals surface area contributed by atoms with E-state index in [0.717, 1.165) is 44.0 Å². The molecule has 3 rings (SSSR count). The van der Waals surface area contributed by atoms with Crippen molar-refractivity contribution in [1.29, 1.82) is 0 Å².